The number of pyridine rings is 1. The molecule has 19 heavy (non-hydrogen) atoms. The van der Waals surface area contributed by atoms with E-state index in [1.54, 1.807) is 19.2 Å². The molecule has 0 saturated carbocycles. The van der Waals surface area contributed by atoms with Crippen LogP contribution in [0.25, 0.3) is 0 Å². The molecule has 104 valence electrons. The first-order valence-electron chi connectivity index (χ1n) is 5.98. The van der Waals surface area contributed by atoms with Crippen LogP contribution in [0.3, 0.4) is 0 Å². The van der Waals surface area contributed by atoms with Crippen LogP contribution >= 0.6 is 0 Å². The number of amides is 1. The van der Waals surface area contributed by atoms with Crippen LogP contribution in [0.1, 0.15) is 29.8 Å². The first-order chi connectivity index (χ1) is 8.88. The molecule has 0 aliphatic carbocycles. The molecule has 0 saturated heterocycles. The monoisotopic (exact) mass is 265 g/mol. The lowest BCUT2D eigenvalue weighted by atomic mass is 10.0. The van der Waals surface area contributed by atoms with Crippen LogP contribution in [0.5, 0.6) is 0 Å². The van der Waals surface area contributed by atoms with E-state index in [0.717, 1.165) is 0 Å². The van der Waals surface area contributed by atoms with Crippen molar-refractivity contribution in [3.8, 4) is 0 Å². The van der Waals surface area contributed by atoms with Crippen molar-refractivity contribution in [1.29, 1.82) is 0 Å². The predicted molar refractivity (Wildman–Crippen MR) is 71.8 cm³/mol. The Labute approximate surface area is 112 Å². The topological polar surface area (TPSA) is 94.3 Å². The molecule has 0 aromatic carbocycles. The Balaban J connectivity index is 3.13. The van der Waals surface area contributed by atoms with Crippen molar-refractivity contribution in [2.75, 3.05) is 12.4 Å². The van der Waals surface area contributed by atoms with E-state index in [0.29, 0.717) is 11.4 Å². The lowest BCUT2D eigenvalue weighted by Gasteiger charge is -2.21. The zero-order valence-electron chi connectivity index (χ0n) is 11.6. The molecule has 0 fully saturated rings. The van der Waals surface area contributed by atoms with Crippen molar-refractivity contribution >= 4 is 17.7 Å². The Morgan fingerprint density at radius 2 is 2.05 bits per heavy atom. The number of nitrogens with one attached hydrogen (secondary N) is 1. The molecule has 0 aliphatic rings. The number of rotatable bonds is 5. The van der Waals surface area contributed by atoms with Crippen molar-refractivity contribution in [2.24, 2.45) is 11.7 Å². The molecule has 3 N–H and O–H groups in total. The zero-order chi connectivity index (χ0) is 14.6. The summed E-state index contributed by atoms with van der Waals surface area (Å²) in [6, 6.07) is 1.10. The maximum Gasteiger partial charge on any atom is 0.328 e. The first-order valence-corrected chi connectivity index (χ1v) is 5.98. The summed E-state index contributed by atoms with van der Waals surface area (Å²) in [5, 5.41) is 2.93. The summed E-state index contributed by atoms with van der Waals surface area (Å²) in [5.41, 5.74) is 6.34. The smallest absolute Gasteiger partial charge is 0.328 e. The summed E-state index contributed by atoms with van der Waals surface area (Å²) in [4.78, 5) is 27.2. The van der Waals surface area contributed by atoms with Gasteiger partial charge < -0.3 is 15.8 Å². The van der Waals surface area contributed by atoms with Crippen LogP contribution in [0.2, 0.25) is 0 Å². The van der Waals surface area contributed by atoms with Gasteiger partial charge >= 0.3 is 5.97 Å². The number of nitrogens with two attached hydrogens (primary N) is 1. The average molecular weight is 265 g/mol. The number of ether oxygens (including phenoxy) is 1. The minimum atomic E-state index is -0.586. The van der Waals surface area contributed by atoms with E-state index in [1.165, 1.54) is 7.11 Å². The maximum atomic E-state index is 11.7. The summed E-state index contributed by atoms with van der Waals surface area (Å²) in [5.74, 6) is -0.707. The van der Waals surface area contributed by atoms with Gasteiger partial charge in [0.25, 0.3) is 5.91 Å². The number of carbonyl (C=O) groups is 2. The van der Waals surface area contributed by atoms with E-state index >= 15 is 0 Å². The molecule has 1 atom stereocenters. The SMILES string of the molecule is COC(=O)C(Nc1nccc(C)c1C(N)=O)C(C)C. The second-order valence-electron chi connectivity index (χ2n) is 4.60. The van der Waals surface area contributed by atoms with Gasteiger partial charge in [-0.1, -0.05) is 13.8 Å². The number of nitrogens with zero attached hydrogens (tertiary/aromatic N) is 1. The standard InChI is InChI=1S/C13H19N3O3/c1-7(2)10(13(18)19-4)16-12-9(11(14)17)8(3)5-6-15-12/h5-7,10H,1-4H3,(H2,14,17)(H,15,16). The van der Waals surface area contributed by atoms with Crippen LogP contribution in [0.15, 0.2) is 12.3 Å². The Hall–Kier alpha value is -2.11. The fourth-order valence-corrected chi connectivity index (χ4v) is 1.75. The fraction of sp³-hybridized carbons (Fsp3) is 0.462. The summed E-state index contributed by atoms with van der Waals surface area (Å²) in [6.45, 7) is 5.50. The van der Waals surface area contributed by atoms with Crippen LogP contribution in [-0.4, -0.2) is 30.0 Å². The van der Waals surface area contributed by atoms with E-state index in [2.05, 4.69) is 10.3 Å². The highest BCUT2D eigenvalue weighted by Gasteiger charge is 2.25. The number of aromatic nitrogens is 1. The molecule has 6 nitrogen and oxygen atoms in total. The molecule has 0 bridgehead atoms. The van der Waals surface area contributed by atoms with Gasteiger partial charge in [-0.15, -0.1) is 0 Å². The normalized spacial score (nSPS) is 12.1. The molecule has 1 aromatic rings. The van der Waals surface area contributed by atoms with Gasteiger partial charge in [0.15, 0.2) is 0 Å². The molecule has 6 heteroatoms. The summed E-state index contributed by atoms with van der Waals surface area (Å²) in [6.07, 6.45) is 1.55. The third-order valence-corrected chi connectivity index (χ3v) is 2.82. The molecule has 1 aromatic heterocycles. The highest BCUT2D eigenvalue weighted by molar-refractivity contribution is 5.99. The van der Waals surface area contributed by atoms with Crippen molar-refractivity contribution in [3.05, 3.63) is 23.4 Å². The summed E-state index contributed by atoms with van der Waals surface area (Å²) >= 11 is 0. The van der Waals surface area contributed by atoms with Gasteiger partial charge in [0.05, 0.1) is 12.7 Å². The summed E-state index contributed by atoms with van der Waals surface area (Å²) in [7, 11) is 1.32. The summed E-state index contributed by atoms with van der Waals surface area (Å²) < 4.78 is 4.73. The molecular formula is C13H19N3O3. The molecule has 0 spiro atoms. The third-order valence-electron chi connectivity index (χ3n) is 2.82. The number of primary amides is 1. The Morgan fingerprint density at radius 1 is 1.42 bits per heavy atom. The van der Waals surface area contributed by atoms with Crippen molar-refractivity contribution in [1.82, 2.24) is 4.98 Å². The molecule has 0 aliphatic heterocycles. The van der Waals surface area contributed by atoms with Crippen LogP contribution in [0.4, 0.5) is 5.82 Å². The van der Waals surface area contributed by atoms with Gasteiger partial charge in [-0.2, -0.15) is 0 Å². The highest BCUT2D eigenvalue weighted by Crippen LogP contribution is 2.19. The second kappa shape index (κ2) is 6.17. The van der Waals surface area contributed by atoms with E-state index in [4.69, 9.17) is 10.5 Å². The molecule has 1 heterocycles. The van der Waals surface area contributed by atoms with Crippen molar-refractivity contribution in [3.63, 3.8) is 0 Å². The predicted octanol–water partition coefficient (Wildman–Crippen LogP) is 1.10. The minimum Gasteiger partial charge on any atom is -0.467 e. The van der Waals surface area contributed by atoms with E-state index in [-0.39, 0.29) is 11.5 Å². The molecule has 1 rings (SSSR count). The number of methoxy groups -OCH3 is 1. The molecule has 1 unspecified atom stereocenters. The fourth-order valence-electron chi connectivity index (χ4n) is 1.75. The van der Waals surface area contributed by atoms with Crippen LogP contribution in [-0.2, 0) is 9.53 Å². The van der Waals surface area contributed by atoms with Crippen LogP contribution < -0.4 is 11.1 Å². The van der Waals surface area contributed by atoms with Gasteiger partial charge in [-0.05, 0) is 24.5 Å². The van der Waals surface area contributed by atoms with Crippen molar-refractivity contribution in [2.45, 2.75) is 26.8 Å². The molecule has 1 amide bonds. The average Bonchev–Trinajstić information content (AvgIpc) is 2.34. The largest absolute Gasteiger partial charge is 0.467 e. The van der Waals surface area contributed by atoms with Crippen molar-refractivity contribution < 1.29 is 14.3 Å². The van der Waals surface area contributed by atoms with Gasteiger partial charge in [-0.3, -0.25) is 4.79 Å². The van der Waals surface area contributed by atoms with E-state index < -0.39 is 17.9 Å². The quantitative estimate of drug-likeness (QED) is 0.777. The highest BCUT2D eigenvalue weighted by atomic mass is 16.5. The number of hydrogen-bond acceptors (Lipinski definition) is 5. The Morgan fingerprint density at radius 3 is 2.53 bits per heavy atom. The Kier molecular flexibility index (Phi) is 4.86. The minimum absolute atomic E-state index is 0.0181. The lowest BCUT2D eigenvalue weighted by Crippen LogP contribution is -2.36. The maximum absolute atomic E-state index is 11.7. The number of esters is 1. The zero-order valence-corrected chi connectivity index (χ0v) is 11.6. The number of anilines is 1. The number of carbonyl (C=O) groups excluding carboxylic acids is 2. The van der Waals surface area contributed by atoms with Gasteiger partial charge in [0.1, 0.15) is 11.9 Å². The molecular weight excluding hydrogens is 246 g/mol. The van der Waals surface area contributed by atoms with Gasteiger partial charge in [0, 0.05) is 6.20 Å². The van der Waals surface area contributed by atoms with Gasteiger partial charge in [-0.25, -0.2) is 9.78 Å². The number of hydrogen-bond donors (Lipinski definition) is 2. The first kappa shape index (κ1) is 14.9. The Bertz CT molecular complexity index is 486. The number of aryl methyl sites for hydroxylation is 1. The third kappa shape index (κ3) is 3.43. The van der Waals surface area contributed by atoms with Gasteiger partial charge in [0.2, 0.25) is 0 Å². The molecule has 0 radical (unpaired) electrons. The van der Waals surface area contributed by atoms with Crippen LogP contribution in [0, 0.1) is 12.8 Å². The van der Waals surface area contributed by atoms with E-state index in [9.17, 15) is 9.59 Å². The second-order valence-corrected chi connectivity index (χ2v) is 4.60. The lowest BCUT2D eigenvalue weighted by molar-refractivity contribution is -0.142. The van der Waals surface area contributed by atoms with E-state index in [1.807, 2.05) is 13.8 Å².